The van der Waals surface area contributed by atoms with E-state index in [0.29, 0.717) is 11.2 Å². The number of nitrogens with zero attached hydrogens (tertiary/aromatic N) is 1. The van der Waals surface area contributed by atoms with E-state index in [4.69, 9.17) is 12.2 Å². The first-order chi connectivity index (χ1) is 16.5. The van der Waals surface area contributed by atoms with Gasteiger partial charge >= 0.3 is 12.1 Å². The minimum Gasteiger partial charge on any atom is -0.477 e. The summed E-state index contributed by atoms with van der Waals surface area (Å²) in [6, 6.07) is 6.98. The number of thiocarbonyl (C=S) groups is 1. The number of carbonyl (C=O) groups is 1. The van der Waals surface area contributed by atoms with E-state index in [1.54, 1.807) is 4.57 Å². The third-order valence-electron chi connectivity index (χ3n) is 5.49. The van der Waals surface area contributed by atoms with Crippen LogP contribution in [0, 0.1) is 5.82 Å². The van der Waals surface area contributed by atoms with E-state index in [9.17, 15) is 32.3 Å². The maximum absolute atomic E-state index is 14.7. The number of rotatable bonds is 7. The summed E-state index contributed by atoms with van der Waals surface area (Å²) in [7, 11) is 0. The van der Waals surface area contributed by atoms with Gasteiger partial charge in [0.05, 0.1) is 16.8 Å². The first-order valence-electron chi connectivity index (χ1n) is 10.6. The van der Waals surface area contributed by atoms with Crippen LogP contribution in [-0.2, 0) is 6.18 Å². The van der Waals surface area contributed by atoms with Crippen molar-refractivity contribution in [3.05, 3.63) is 69.8 Å². The summed E-state index contributed by atoms with van der Waals surface area (Å²) in [4.78, 5) is 23.9. The smallest absolute Gasteiger partial charge is 0.416 e. The number of pyridine rings is 1. The number of anilines is 2. The highest BCUT2D eigenvalue weighted by Gasteiger charge is 2.30. The van der Waals surface area contributed by atoms with E-state index in [1.807, 2.05) is 0 Å². The molecule has 0 unspecified atom stereocenters. The van der Waals surface area contributed by atoms with Crippen molar-refractivity contribution < 1.29 is 27.5 Å². The zero-order valence-electron chi connectivity index (χ0n) is 18.1. The van der Waals surface area contributed by atoms with Crippen LogP contribution >= 0.6 is 12.2 Å². The normalized spacial score (nSPS) is 13.5. The highest BCUT2D eigenvalue weighted by atomic mass is 32.1. The maximum Gasteiger partial charge on any atom is 0.416 e. The quantitative estimate of drug-likeness (QED) is 0.211. The Morgan fingerprint density at radius 1 is 1.14 bits per heavy atom. The Morgan fingerprint density at radius 3 is 2.43 bits per heavy atom. The molecule has 1 aliphatic carbocycles. The third kappa shape index (κ3) is 5.53. The van der Waals surface area contributed by atoms with Gasteiger partial charge in [-0.2, -0.15) is 13.2 Å². The molecular weight excluding hydrogens is 488 g/mol. The first kappa shape index (κ1) is 24.5. The van der Waals surface area contributed by atoms with Gasteiger partial charge in [0.1, 0.15) is 11.4 Å². The molecule has 0 aliphatic heterocycles. The molecule has 0 atom stereocenters. The van der Waals surface area contributed by atoms with Crippen molar-refractivity contribution in [3.8, 4) is 0 Å². The summed E-state index contributed by atoms with van der Waals surface area (Å²) < 4.78 is 54.3. The fourth-order valence-electron chi connectivity index (χ4n) is 3.60. The van der Waals surface area contributed by atoms with Crippen LogP contribution in [0.1, 0.15) is 34.8 Å². The fourth-order valence-corrected chi connectivity index (χ4v) is 3.82. The Hall–Kier alpha value is -3.67. The van der Waals surface area contributed by atoms with Crippen molar-refractivity contribution in [2.75, 3.05) is 23.7 Å². The molecule has 184 valence electrons. The molecule has 7 nitrogen and oxygen atoms in total. The van der Waals surface area contributed by atoms with Crippen LogP contribution in [0.25, 0.3) is 10.9 Å². The topological polar surface area (TPSA) is 95.4 Å². The van der Waals surface area contributed by atoms with E-state index in [-0.39, 0.29) is 35.3 Å². The van der Waals surface area contributed by atoms with Crippen LogP contribution in [0.5, 0.6) is 0 Å². The number of hydrogen-bond acceptors (Lipinski definition) is 4. The van der Waals surface area contributed by atoms with Crippen LogP contribution < -0.4 is 21.4 Å². The molecule has 0 saturated heterocycles. The van der Waals surface area contributed by atoms with Crippen molar-refractivity contribution in [3.63, 3.8) is 0 Å². The second-order valence-corrected chi connectivity index (χ2v) is 8.46. The largest absolute Gasteiger partial charge is 0.477 e. The number of fused-ring (bicyclic) bond motifs is 1. The van der Waals surface area contributed by atoms with Gasteiger partial charge in [-0.3, -0.25) is 4.79 Å². The van der Waals surface area contributed by atoms with E-state index in [0.717, 1.165) is 31.0 Å². The van der Waals surface area contributed by atoms with Gasteiger partial charge in [0.15, 0.2) is 5.11 Å². The van der Waals surface area contributed by atoms with Gasteiger partial charge in [-0.25, -0.2) is 9.18 Å². The molecule has 1 saturated carbocycles. The Bertz CT molecular complexity index is 1350. The highest BCUT2D eigenvalue weighted by molar-refractivity contribution is 7.80. The Kier molecular flexibility index (Phi) is 6.66. The predicted octanol–water partition coefficient (Wildman–Crippen LogP) is 4.59. The van der Waals surface area contributed by atoms with E-state index in [1.165, 1.54) is 24.4 Å². The number of benzene rings is 2. The van der Waals surface area contributed by atoms with E-state index < -0.39 is 34.5 Å². The lowest BCUT2D eigenvalue weighted by Gasteiger charge is -2.15. The van der Waals surface area contributed by atoms with Crippen molar-refractivity contribution in [1.29, 1.82) is 0 Å². The molecule has 3 aromatic rings. The average Bonchev–Trinajstić information content (AvgIpc) is 3.62. The molecule has 1 aliphatic rings. The van der Waals surface area contributed by atoms with Crippen molar-refractivity contribution in [2.45, 2.75) is 25.1 Å². The zero-order valence-corrected chi connectivity index (χ0v) is 18.9. The number of aromatic nitrogens is 1. The molecule has 35 heavy (non-hydrogen) atoms. The average molecular weight is 508 g/mol. The molecule has 1 heterocycles. The summed E-state index contributed by atoms with van der Waals surface area (Å²) in [5, 5.41) is 18.0. The molecule has 4 N–H and O–H groups in total. The monoisotopic (exact) mass is 508 g/mol. The minimum atomic E-state index is -4.42. The highest BCUT2D eigenvalue weighted by Crippen LogP contribution is 2.37. The molecule has 1 fully saturated rings. The standard InChI is InChI=1S/C23H20F4N4O3S/c24-17-9-15-19(31(14-5-6-14)11-16(20(15)32)21(33)34)10-18(17)28-7-8-29-22(35)30-13-3-1-12(2-4-13)23(25,26)27/h1-4,9-11,14,28H,5-8H2,(H,33,34)(H2,29,30,35). The van der Waals surface area contributed by atoms with Crippen LogP contribution in [0.3, 0.4) is 0 Å². The lowest BCUT2D eigenvalue weighted by atomic mass is 10.1. The van der Waals surface area contributed by atoms with Gasteiger partial charge in [-0.1, -0.05) is 0 Å². The Labute approximate surface area is 201 Å². The summed E-state index contributed by atoms with van der Waals surface area (Å²) >= 11 is 5.13. The Balaban J connectivity index is 1.39. The summed E-state index contributed by atoms with van der Waals surface area (Å²) in [6.45, 7) is 0.495. The number of alkyl halides is 3. The SMILES string of the molecule is O=C(O)c1cn(C2CC2)c2cc(NCCNC(=S)Nc3ccc(C(F)(F)F)cc3)c(F)cc2c1=O. The summed E-state index contributed by atoms with van der Waals surface area (Å²) in [5.41, 5.74) is -0.951. The van der Waals surface area contributed by atoms with Crippen LogP contribution in [0.4, 0.5) is 28.9 Å². The number of carboxylic acids is 1. The van der Waals surface area contributed by atoms with Crippen molar-refractivity contribution in [2.24, 2.45) is 0 Å². The molecule has 0 amide bonds. The fraction of sp³-hybridized carbons (Fsp3) is 0.261. The molecule has 0 radical (unpaired) electrons. The molecule has 0 bridgehead atoms. The van der Waals surface area contributed by atoms with Gasteiger partial charge in [-0.05, 0) is 61.5 Å². The van der Waals surface area contributed by atoms with Gasteiger partial charge in [-0.15, -0.1) is 0 Å². The molecule has 4 rings (SSSR count). The van der Waals surface area contributed by atoms with Gasteiger partial charge < -0.3 is 25.6 Å². The third-order valence-corrected chi connectivity index (χ3v) is 5.73. The summed E-state index contributed by atoms with van der Waals surface area (Å²) in [5.74, 6) is -2.06. The molecule has 1 aromatic heterocycles. The minimum absolute atomic E-state index is 0.0000978. The van der Waals surface area contributed by atoms with Crippen LogP contribution in [0.2, 0.25) is 0 Å². The number of nitrogens with one attached hydrogen (secondary N) is 3. The molecule has 0 spiro atoms. The van der Waals surface area contributed by atoms with Crippen LogP contribution in [-0.4, -0.2) is 33.8 Å². The van der Waals surface area contributed by atoms with Gasteiger partial charge in [0, 0.05) is 36.4 Å². The first-order valence-corrected chi connectivity index (χ1v) is 11.0. The molecule has 2 aromatic carbocycles. The second kappa shape index (κ2) is 9.53. The lowest BCUT2D eigenvalue weighted by Crippen LogP contribution is -2.32. The van der Waals surface area contributed by atoms with E-state index in [2.05, 4.69) is 16.0 Å². The van der Waals surface area contributed by atoms with Gasteiger partial charge in [0.2, 0.25) is 5.43 Å². The number of hydrogen-bond donors (Lipinski definition) is 4. The van der Waals surface area contributed by atoms with Gasteiger partial charge in [0.25, 0.3) is 0 Å². The van der Waals surface area contributed by atoms with Crippen molar-refractivity contribution in [1.82, 2.24) is 9.88 Å². The molecular formula is C23H20F4N4O3S. The Morgan fingerprint density at radius 2 is 1.83 bits per heavy atom. The van der Waals surface area contributed by atoms with Crippen molar-refractivity contribution >= 4 is 45.6 Å². The number of carboxylic acid groups (broad SMARTS) is 1. The zero-order chi connectivity index (χ0) is 25.3. The maximum atomic E-state index is 14.7. The van der Waals surface area contributed by atoms with Crippen LogP contribution in [0.15, 0.2) is 47.4 Å². The second-order valence-electron chi connectivity index (χ2n) is 8.05. The molecule has 12 heteroatoms. The number of aromatic carboxylic acids is 1. The van der Waals surface area contributed by atoms with E-state index >= 15 is 0 Å². The summed E-state index contributed by atoms with van der Waals surface area (Å²) in [6.07, 6.45) is -1.44. The predicted molar refractivity (Wildman–Crippen MR) is 128 cm³/mol. The lowest BCUT2D eigenvalue weighted by molar-refractivity contribution is -0.137. The number of halogens is 4.